The van der Waals surface area contributed by atoms with Gasteiger partial charge in [0.15, 0.2) is 0 Å². The summed E-state index contributed by atoms with van der Waals surface area (Å²) >= 11 is 6.11. The molecule has 2 saturated heterocycles. The minimum Gasteiger partial charge on any atom is -0.387 e. The van der Waals surface area contributed by atoms with Crippen LogP contribution in [0.2, 0.25) is 5.02 Å². The fourth-order valence-electron chi connectivity index (χ4n) is 5.90. The molecule has 1 aromatic heterocycles. The Hall–Kier alpha value is -2.26. The second-order valence-corrected chi connectivity index (χ2v) is 10.8. The molecule has 9 heteroatoms. The van der Waals surface area contributed by atoms with Gasteiger partial charge in [-0.05, 0) is 56.3 Å². The predicted octanol–water partition coefficient (Wildman–Crippen LogP) is 3.04. The molecule has 0 spiro atoms. The van der Waals surface area contributed by atoms with E-state index in [2.05, 4.69) is 33.7 Å². The fraction of sp³-hybridized carbons (Fsp3) is 0.593. The van der Waals surface area contributed by atoms with E-state index in [1.807, 2.05) is 29.2 Å². The van der Waals surface area contributed by atoms with Crippen LogP contribution >= 0.6 is 11.6 Å². The van der Waals surface area contributed by atoms with Crippen molar-refractivity contribution in [2.24, 2.45) is 0 Å². The van der Waals surface area contributed by atoms with Crippen molar-refractivity contribution in [3.63, 3.8) is 0 Å². The third-order valence-electron chi connectivity index (χ3n) is 8.06. The smallest absolute Gasteiger partial charge is 0.240 e. The van der Waals surface area contributed by atoms with E-state index in [9.17, 15) is 9.90 Å². The first kappa shape index (κ1) is 25.4. The number of carbonyl (C=O) groups excluding carboxylic acids is 1. The van der Waals surface area contributed by atoms with E-state index in [0.29, 0.717) is 50.1 Å². The highest BCUT2D eigenvalue weighted by Gasteiger charge is 2.36. The molecule has 1 amide bonds. The van der Waals surface area contributed by atoms with E-state index >= 15 is 0 Å². The summed E-state index contributed by atoms with van der Waals surface area (Å²) in [5, 5.41) is 11.1. The summed E-state index contributed by atoms with van der Waals surface area (Å²) in [7, 11) is 2.08. The summed E-state index contributed by atoms with van der Waals surface area (Å²) in [5.74, 6) is 1.31. The average molecular weight is 514 g/mol. The van der Waals surface area contributed by atoms with Crippen molar-refractivity contribution in [2.45, 2.75) is 56.7 Å². The Kier molecular flexibility index (Phi) is 7.76. The van der Waals surface area contributed by atoms with Gasteiger partial charge < -0.3 is 19.6 Å². The van der Waals surface area contributed by atoms with Crippen LogP contribution in [0.4, 0.5) is 5.82 Å². The second-order valence-electron chi connectivity index (χ2n) is 10.3. The van der Waals surface area contributed by atoms with Gasteiger partial charge in [0.2, 0.25) is 5.91 Å². The Morgan fingerprint density at radius 2 is 1.86 bits per heavy atom. The number of piperazine rings is 1. The molecule has 0 saturated carbocycles. The van der Waals surface area contributed by atoms with Crippen LogP contribution in [0.25, 0.3) is 0 Å². The number of amides is 1. The van der Waals surface area contributed by atoms with Gasteiger partial charge in [-0.15, -0.1) is 0 Å². The topological polar surface area (TPSA) is 82.0 Å². The van der Waals surface area contributed by atoms with Crippen LogP contribution in [-0.2, 0) is 16.0 Å². The van der Waals surface area contributed by atoms with Crippen molar-refractivity contribution in [1.29, 1.82) is 0 Å². The number of rotatable bonds is 6. The van der Waals surface area contributed by atoms with E-state index in [-0.39, 0.29) is 17.9 Å². The number of aliphatic hydroxyl groups is 1. The molecule has 2 aromatic rings. The molecule has 2 fully saturated rings. The lowest BCUT2D eigenvalue weighted by Crippen LogP contribution is -2.57. The highest BCUT2D eigenvalue weighted by Crippen LogP contribution is 2.42. The van der Waals surface area contributed by atoms with E-state index in [1.165, 1.54) is 0 Å². The highest BCUT2D eigenvalue weighted by molar-refractivity contribution is 6.30. The molecular weight excluding hydrogens is 478 g/mol. The largest absolute Gasteiger partial charge is 0.387 e. The average Bonchev–Trinajstić information content (AvgIpc) is 3.21. The Balaban J connectivity index is 1.30. The highest BCUT2D eigenvalue weighted by atomic mass is 35.5. The molecule has 8 nitrogen and oxygen atoms in total. The molecule has 1 aliphatic carbocycles. The van der Waals surface area contributed by atoms with Gasteiger partial charge in [0.25, 0.3) is 0 Å². The normalized spacial score (nSPS) is 23.7. The summed E-state index contributed by atoms with van der Waals surface area (Å²) < 4.78 is 5.57. The Bertz CT molecular complexity index is 1050. The first-order valence-electron chi connectivity index (χ1n) is 13.0. The number of benzene rings is 1. The van der Waals surface area contributed by atoms with Crippen LogP contribution in [0.3, 0.4) is 0 Å². The van der Waals surface area contributed by atoms with Crippen molar-refractivity contribution in [1.82, 2.24) is 19.8 Å². The molecule has 1 N–H and O–H groups in total. The molecule has 36 heavy (non-hydrogen) atoms. The van der Waals surface area contributed by atoms with Gasteiger partial charge in [-0.25, -0.2) is 9.97 Å². The summed E-state index contributed by atoms with van der Waals surface area (Å²) in [6, 6.07) is 7.91. The third-order valence-corrected chi connectivity index (χ3v) is 8.31. The molecule has 3 heterocycles. The van der Waals surface area contributed by atoms with Gasteiger partial charge in [-0.2, -0.15) is 0 Å². The van der Waals surface area contributed by atoms with E-state index in [1.54, 1.807) is 6.33 Å². The molecule has 1 aromatic carbocycles. The van der Waals surface area contributed by atoms with E-state index in [0.717, 1.165) is 48.7 Å². The van der Waals surface area contributed by atoms with Crippen molar-refractivity contribution in [3.05, 3.63) is 52.4 Å². The first-order valence-corrected chi connectivity index (χ1v) is 13.4. The van der Waals surface area contributed by atoms with Gasteiger partial charge >= 0.3 is 0 Å². The van der Waals surface area contributed by atoms with Crippen LogP contribution < -0.4 is 4.90 Å². The number of aliphatic hydroxyl groups excluding tert-OH is 1. The molecule has 5 rings (SSSR count). The number of nitrogens with zero attached hydrogens (tertiary/aromatic N) is 5. The maximum Gasteiger partial charge on any atom is 0.240 e. The van der Waals surface area contributed by atoms with Gasteiger partial charge in [0.05, 0.1) is 17.8 Å². The lowest BCUT2D eigenvalue weighted by Gasteiger charge is -2.41. The maximum absolute atomic E-state index is 13.9. The van der Waals surface area contributed by atoms with Gasteiger partial charge in [-0.3, -0.25) is 9.69 Å². The summed E-state index contributed by atoms with van der Waals surface area (Å²) in [6.45, 7) is 6.33. The standard InChI is InChI=1S/C27H36ClN5O3/c1-18-15-23(34)25-24(18)26(30-17-29-25)32-9-11-33(12-10-32)27(35)22(16-19-3-5-20(28)6-4-19)31(2)21-7-13-36-14-8-21/h3-6,17-18,21-23,34H,7-16H2,1-2H3/t18-,22-,23-/m1/s1. The number of ether oxygens (including phenoxy) is 1. The number of carbonyl (C=O) groups is 1. The van der Waals surface area contributed by atoms with Crippen LogP contribution in [0.5, 0.6) is 0 Å². The van der Waals surface area contributed by atoms with Gasteiger partial charge in [0, 0.05) is 56.0 Å². The number of hydrogen-bond donors (Lipinski definition) is 1. The lowest BCUT2D eigenvalue weighted by molar-refractivity contribution is -0.138. The van der Waals surface area contributed by atoms with Crippen molar-refractivity contribution < 1.29 is 14.6 Å². The number of fused-ring (bicyclic) bond motifs is 1. The summed E-state index contributed by atoms with van der Waals surface area (Å²) in [5.41, 5.74) is 2.93. The Morgan fingerprint density at radius 3 is 2.56 bits per heavy atom. The number of hydrogen-bond acceptors (Lipinski definition) is 7. The van der Waals surface area contributed by atoms with E-state index in [4.69, 9.17) is 16.3 Å². The van der Waals surface area contributed by atoms with Crippen LogP contribution in [0, 0.1) is 0 Å². The van der Waals surface area contributed by atoms with Crippen molar-refractivity contribution in [2.75, 3.05) is 51.3 Å². The molecule has 0 unspecified atom stereocenters. The Morgan fingerprint density at radius 1 is 1.17 bits per heavy atom. The summed E-state index contributed by atoms with van der Waals surface area (Å²) in [4.78, 5) is 29.4. The minimum absolute atomic E-state index is 0.176. The zero-order chi connectivity index (χ0) is 25.2. The molecule has 0 radical (unpaired) electrons. The van der Waals surface area contributed by atoms with Crippen LogP contribution in [-0.4, -0.2) is 89.3 Å². The maximum atomic E-state index is 13.9. The Labute approximate surface area is 218 Å². The zero-order valence-electron chi connectivity index (χ0n) is 21.1. The van der Waals surface area contributed by atoms with E-state index < -0.39 is 6.10 Å². The molecule has 3 aliphatic rings. The third kappa shape index (κ3) is 5.23. The number of likely N-dealkylation sites (N-methyl/N-ethyl adjacent to an activating group) is 1. The fourth-order valence-corrected chi connectivity index (χ4v) is 6.03. The van der Waals surface area contributed by atoms with Gasteiger partial charge in [0.1, 0.15) is 12.1 Å². The summed E-state index contributed by atoms with van der Waals surface area (Å²) in [6.07, 6.45) is 4.25. The molecule has 2 aliphatic heterocycles. The predicted molar refractivity (Wildman–Crippen MR) is 139 cm³/mol. The quantitative estimate of drug-likeness (QED) is 0.635. The minimum atomic E-state index is -0.519. The van der Waals surface area contributed by atoms with Crippen molar-refractivity contribution in [3.8, 4) is 0 Å². The lowest BCUT2D eigenvalue weighted by atomic mass is 9.99. The molecule has 3 atom stereocenters. The number of halogens is 1. The van der Waals surface area contributed by atoms with Crippen molar-refractivity contribution >= 4 is 23.3 Å². The first-order chi connectivity index (χ1) is 17.4. The number of anilines is 1. The van der Waals surface area contributed by atoms with Gasteiger partial charge in [-0.1, -0.05) is 30.7 Å². The SMILES string of the molecule is C[C@@H]1C[C@@H](O)c2ncnc(N3CCN(C(=O)[C@@H](Cc4ccc(Cl)cc4)N(C)C4CCOCC4)CC3)c21. The zero-order valence-corrected chi connectivity index (χ0v) is 21.9. The van der Waals surface area contributed by atoms with Crippen LogP contribution in [0.1, 0.15) is 55.0 Å². The number of aromatic nitrogens is 2. The molecule has 0 bridgehead atoms. The van der Waals surface area contributed by atoms with Crippen LogP contribution in [0.15, 0.2) is 30.6 Å². The molecular formula is C27H36ClN5O3. The molecule has 194 valence electrons. The second kappa shape index (κ2) is 11.0. The monoisotopic (exact) mass is 513 g/mol.